The minimum absolute atomic E-state index is 0.299. The highest BCUT2D eigenvalue weighted by molar-refractivity contribution is 7.98. The van der Waals surface area contributed by atoms with Gasteiger partial charge < -0.3 is 15.6 Å². The zero-order chi connectivity index (χ0) is 21.2. The predicted octanol–water partition coefficient (Wildman–Crippen LogP) is 5.14. The molecule has 3 N–H and O–H groups in total. The van der Waals surface area contributed by atoms with E-state index in [9.17, 15) is 18.0 Å². The summed E-state index contributed by atoms with van der Waals surface area (Å²) in [6, 6.07) is 6.66. The van der Waals surface area contributed by atoms with Gasteiger partial charge in [0.1, 0.15) is 0 Å². The monoisotopic (exact) mass is 440 g/mol. The number of rotatable bonds is 7. The summed E-state index contributed by atoms with van der Waals surface area (Å²) in [6.45, 7) is 2.52. The number of thioether (sulfide) groups is 1. The quantitative estimate of drug-likeness (QED) is 0.533. The highest BCUT2D eigenvalue weighted by Gasteiger charge is 2.30. The van der Waals surface area contributed by atoms with Crippen LogP contribution < -0.4 is 11.1 Å². The standard InChI is InChI=1S/C19H19F3N4OS2/c1-11-14(17(23)27)9-16(26(11)6-7-28-2)15-10-29-18(25-15)24-13-5-3-4-12(8-13)19(20,21)22/h3-5,8-10H,6-7H2,1-2H3,(H2,23,27)(H,24,25). The SMILES string of the molecule is CSCCn1c(-c2csc(Nc3cccc(C(F)(F)F)c3)n2)cc(C(N)=O)c1C. The van der Waals surface area contributed by atoms with E-state index in [0.717, 1.165) is 29.3 Å². The minimum Gasteiger partial charge on any atom is -0.366 e. The third kappa shape index (κ3) is 4.76. The van der Waals surface area contributed by atoms with Crippen molar-refractivity contribution in [1.29, 1.82) is 0 Å². The third-order valence-corrected chi connectivity index (χ3v) is 5.71. The Kier molecular flexibility index (Phi) is 6.23. The maximum Gasteiger partial charge on any atom is 0.416 e. The Balaban J connectivity index is 1.90. The summed E-state index contributed by atoms with van der Waals surface area (Å²) in [5.74, 6) is 0.337. The Morgan fingerprint density at radius 2 is 2.10 bits per heavy atom. The van der Waals surface area contributed by atoms with E-state index in [1.54, 1.807) is 29.3 Å². The number of carbonyl (C=O) groups excluding carboxylic acids is 1. The van der Waals surface area contributed by atoms with Gasteiger partial charge in [-0.1, -0.05) is 6.07 Å². The van der Waals surface area contributed by atoms with E-state index < -0.39 is 17.6 Å². The molecule has 2 aromatic heterocycles. The Morgan fingerprint density at radius 3 is 2.76 bits per heavy atom. The van der Waals surface area contributed by atoms with Gasteiger partial charge in [0.25, 0.3) is 5.91 Å². The summed E-state index contributed by atoms with van der Waals surface area (Å²) in [4.78, 5) is 16.2. The van der Waals surface area contributed by atoms with Crippen molar-refractivity contribution in [3.63, 3.8) is 0 Å². The molecule has 1 aromatic carbocycles. The molecule has 0 saturated carbocycles. The highest BCUT2D eigenvalue weighted by atomic mass is 32.2. The third-order valence-electron chi connectivity index (χ3n) is 4.36. The van der Waals surface area contributed by atoms with E-state index in [4.69, 9.17) is 5.73 Å². The number of halogens is 3. The van der Waals surface area contributed by atoms with E-state index in [-0.39, 0.29) is 0 Å². The van der Waals surface area contributed by atoms with Crippen molar-refractivity contribution >= 4 is 39.8 Å². The molecule has 1 amide bonds. The van der Waals surface area contributed by atoms with Gasteiger partial charge >= 0.3 is 6.18 Å². The maximum atomic E-state index is 12.9. The number of carbonyl (C=O) groups is 1. The van der Waals surface area contributed by atoms with Crippen molar-refractivity contribution in [3.05, 3.63) is 52.5 Å². The van der Waals surface area contributed by atoms with Crippen LogP contribution in [0.1, 0.15) is 21.6 Å². The van der Waals surface area contributed by atoms with Crippen molar-refractivity contribution in [3.8, 4) is 11.4 Å². The number of nitrogens with one attached hydrogen (secondary N) is 1. The number of thiazole rings is 1. The van der Waals surface area contributed by atoms with Crippen LogP contribution in [0.3, 0.4) is 0 Å². The smallest absolute Gasteiger partial charge is 0.366 e. The van der Waals surface area contributed by atoms with Gasteiger partial charge in [0.05, 0.1) is 22.5 Å². The van der Waals surface area contributed by atoms with Crippen molar-refractivity contribution < 1.29 is 18.0 Å². The summed E-state index contributed by atoms with van der Waals surface area (Å²) < 4.78 is 40.7. The molecule has 0 atom stereocenters. The molecule has 0 aliphatic heterocycles. The molecule has 0 aliphatic rings. The van der Waals surface area contributed by atoms with Gasteiger partial charge in [-0.15, -0.1) is 11.3 Å². The van der Waals surface area contributed by atoms with Gasteiger partial charge in [0, 0.05) is 29.1 Å². The topological polar surface area (TPSA) is 72.9 Å². The van der Waals surface area contributed by atoms with Crippen LogP contribution in [0.4, 0.5) is 24.0 Å². The molecule has 154 valence electrons. The average Bonchev–Trinajstić information content (AvgIpc) is 3.24. The lowest BCUT2D eigenvalue weighted by atomic mass is 10.2. The summed E-state index contributed by atoms with van der Waals surface area (Å²) in [6.07, 6.45) is -2.42. The molecule has 0 bridgehead atoms. The average molecular weight is 441 g/mol. The molecule has 0 aliphatic carbocycles. The molecule has 5 nitrogen and oxygen atoms in total. The number of nitrogens with zero attached hydrogens (tertiary/aromatic N) is 2. The Hall–Kier alpha value is -2.46. The fourth-order valence-corrected chi connectivity index (χ4v) is 4.01. The van der Waals surface area contributed by atoms with Crippen LogP contribution in [0.5, 0.6) is 0 Å². The van der Waals surface area contributed by atoms with Crippen LogP contribution in [0.15, 0.2) is 35.7 Å². The number of aromatic nitrogens is 2. The first-order valence-electron chi connectivity index (χ1n) is 8.59. The lowest BCUT2D eigenvalue weighted by Gasteiger charge is -2.10. The van der Waals surface area contributed by atoms with Crippen molar-refractivity contribution in [2.24, 2.45) is 5.73 Å². The molecule has 29 heavy (non-hydrogen) atoms. The van der Waals surface area contributed by atoms with Gasteiger partial charge in [-0.2, -0.15) is 24.9 Å². The molecule has 0 saturated heterocycles. The van der Waals surface area contributed by atoms with E-state index in [1.165, 1.54) is 17.4 Å². The van der Waals surface area contributed by atoms with E-state index in [0.29, 0.717) is 28.6 Å². The number of hydrogen-bond acceptors (Lipinski definition) is 5. The van der Waals surface area contributed by atoms with Crippen molar-refractivity contribution in [2.75, 3.05) is 17.3 Å². The number of anilines is 2. The first-order valence-corrected chi connectivity index (χ1v) is 10.9. The van der Waals surface area contributed by atoms with Crippen LogP contribution in [-0.4, -0.2) is 27.5 Å². The van der Waals surface area contributed by atoms with Gasteiger partial charge in [-0.25, -0.2) is 4.98 Å². The number of hydrogen-bond donors (Lipinski definition) is 2. The maximum absolute atomic E-state index is 12.9. The lowest BCUT2D eigenvalue weighted by molar-refractivity contribution is -0.137. The molecule has 3 rings (SSSR count). The molecule has 2 heterocycles. The number of benzene rings is 1. The normalized spacial score (nSPS) is 11.6. The summed E-state index contributed by atoms with van der Waals surface area (Å²) in [5, 5.41) is 5.17. The van der Waals surface area contributed by atoms with Crippen molar-refractivity contribution in [1.82, 2.24) is 9.55 Å². The zero-order valence-electron chi connectivity index (χ0n) is 15.7. The minimum atomic E-state index is -4.41. The lowest BCUT2D eigenvalue weighted by Crippen LogP contribution is -2.13. The second-order valence-corrected chi connectivity index (χ2v) is 8.12. The summed E-state index contributed by atoms with van der Waals surface area (Å²) in [7, 11) is 0. The first kappa shape index (κ1) is 21.3. The second-order valence-electron chi connectivity index (χ2n) is 6.28. The van der Waals surface area contributed by atoms with E-state index >= 15 is 0 Å². The molecule has 0 fully saturated rings. The number of primary amides is 1. The van der Waals surface area contributed by atoms with Gasteiger partial charge in [-0.3, -0.25) is 4.79 Å². The van der Waals surface area contributed by atoms with Gasteiger partial charge in [0.15, 0.2) is 5.13 Å². The number of nitrogens with two attached hydrogens (primary N) is 1. The summed E-state index contributed by atoms with van der Waals surface area (Å²) in [5.41, 5.74) is 7.62. The zero-order valence-corrected chi connectivity index (χ0v) is 17.3. The fourth-order valence-electron chi connectivity index (χ4n) is 2.92. The molecular formula is C19H19F3N4OS2. The second kappa shape index (κ2) is 8.50. The molecular weight excluding hydrogens is 421 g/mol. The molecule has 0 spiro atoms. The first-order chi connectivity index (χ1) is 13.7. The number of alkyl halides is 3. The van der Waals surface area contributed by atoms with Crippen LogP contribution in [0.25, 0.3) is 11.4 Å². The largest absolute Gasteiger partial charge is 0.416 e. The predicted molar refractivity (Wildman–Crippen MR) is 112 cm³/mol. The van der Waals surface area contributed by atoms with Crippen LogP contribution in [0, 0.1) is 6.92 Å². The number of amides is 1. The van der Waals surface area contributed by atoms with Crippen LogP contribution >= 0.6 is 23.1 Å². The Bertz CT molecular complexity index is 1030. The van der Waals surface area contributed by atoms with Gasteiger partial charge in [-0.05, 0) is 37.4 Å². The van der Waals surface area contributed by atoms with Crippen molar-refractivity contribution in [2.45, 2.75) is 19.6 Å². The highest BCUT2D eigenvalue weighted by Crippen LogP contribution is 2.33. The molecule has 0 unspecified atom stereocenters. The Labute approximate surface area is 174 Å². The van der Waals surface area contributed by atoms with E-state index in [1.807, 2.05) is 17.7 Å². The summed E-state index contributed by atoms with van der Waals surface area (Å²) >= 11 is 2.95. The Morgan fingerprint density at radius 1 is 1.34 bits per heavy atom. The van der Waals surface area contributed by atoms with Gasteiger partial charge in [0.2, 0.25) is 0 Å². The molecule has 10 heteroatoms. The van der Waals surface area contributed by atoms with E-state index in [2.05, 4.69) is 10.3 Å². The molecule has 3 aromatic rings. The fraction of sp³-hybridized carbons (Fsp3) is 0.263. The van der Waals surface area contributed by atoms with Crippen LogP contribution in [0.2, 0.25) is 0 Å². The molecule has 0 radical (unpaired) electrons. The van der Waals surface area contributed by atoms with Crippen LogP contribution in [-0.2, 0) is 12.7 Å².